The van der Waals surface area contributed by atoms with Gasteiger partial charge in [-0.05, 0) is 24.3 Å². The third kappa shape index (κ3) is 4.18. The van der Waals surface area contributed by atoms with Gasteiger partial charge in [-0.15, -0.1) is 0 Å². The van der Waals surface area contributed by atoms with Crippen LogP contribution in [0.3, 0.4) is 0 Å². The smallest absolute Gasteiger partial charge is 0.289 e. The van der Waals surface area contributed by atoms with Gasteiger partial charge in [-0.25, -0.2) is 8.42 Å². The molecular formula is C22H16N2O5S2. The number of hydrogen-bond acceptors (Lipinski definition) is 6. The molecule has 156 valence electrons. The van der Waals surface area contributed by atoms with Crippen molar-refractivity contribution in [1.82, 2.24) is 0 Å². The van der Waals surface area contributed by atoms with Crippen molar-refractivity contribution in [2.24, 2.45) is 0 Å². The number of benzene rings is 4. The third-order valence-corrected chi connectivity index (χ3v) is 7.00. The first-order valence-corrected chi connectivity index (χ1v) is 11.4. The zero-order valence-corrected chi connectivity index (χ0v) is 17.6. The van der Waals surface area contributed by atoms with E-state index >= 15 is 0 Å². The third-order valence-electron chi connectivity index (χ3n) is 4.55. The summed E-state index contributed by atoms with van der Waals surface area (Å²) >= 11 is 1.28. The Labute approximate surface area is 182 Å². The Hall–Kier alpha value is -3.56. The van der Waals surface area contributed by atoms with E-state index in [2.05, 4.69) is 4.72 Å². The number of nitrogens with one attached hydrogen (secondary N) is 1. The maximum Gasteiger partial charge on any atom is 0.289 e. The second-order valence-electron chi connectivity index (χ2n) is 6.56. The van der Waals surface area contributed by atoms with E-state index in [-0.39, 0.29) is 11.4 Å². The molecule has 0 spiro atoms. The Kier molecular flexibility index (Phi) is 5.53. The fourth-order valence-electron chi connectivity index (χ4n) is 3.15. The van der Waals surface area contributed by atoms with Crippen molar-refractivity contribution >= 4 is 43.9 Å². The predicted molar refractivity (Wildman–Crippen MR) is 120 cm³/mol. The number of phenolic OH excluding ortho intramolecular Hbond substituents is 1. The summed E-state index contributed by atoms with van der Waals surface area (Å²) in [6.45, 7) is 0. The standard InChI is InChI=1S/C22H16N2O5S2/c25-22-17-11-5-4-10-16(17)18(14-20(22)30-15-8-2-1-3-9-15)23-31(28,29)21-13-7-6-12-19(21)24(26)27/h1-14,23,25H. The normalized spacial score (nSPS) is 11.4. The van der Waals surface area contributed by atoms with Gasteiger partial charge < -0.3 is 5.11 Å². The first-order valence-electron chi connectivity index (χ1n) is 9.10. The molecule has 4 aromatic carbocycles. The summed E-state index contributed by atoms with van der Waals surface area (Å²) in [7, 11) is -4.27. The van der Waals surface area contributed by atoms with Gasteiger partial charge in [0.1, 0.15) is 5.75 Å². The Morgan fingerprint density at radius 2 is 1.48 bits per heavy atom. The largest absolute Gasteiger partial charge is 0.506 e. The van der Waals surface area contributed by atoms with Crippen LogP contribution in [0.15, 0.2) is 99.6 Å². The zero-order chi connectivity index (χ0) is 22.0. The number of hydrogen-bond donors (Lipinski definition) is 2. The zero-order valence-electron chi connectivity index (χ0n) is 15.9. The van der Waals surface area contributed by atoms with Crippen molar-refractivity contribution in [2.75, 3.05) is 4.72 Å². The molecule has 4 aromatic rings. The lowest BCUT2D eigenvalue weighted by Gasteiger charge is -2.15. The van der Waals surface area contributed by atoms with Gasteiger partial charge in [0, 0.05) is 21.7 Å². The molecule has 0 bridgehead atoms. The van der Waals surface area contributed by atoms with Gasteiger partial charge in [-0.2, -0.15) is 0 Å². The molecule has 0 radical (unpaired) electrons. The van der Waals surface area contributed by atoms with Gasteiger partial charge in [0.2, 0.25) is 0 Å². The molecule has 0 saturated carbocycles. The molecular weight excluding hydrogens is 436 g/mol. The van der Waals surface area contributed by atoms with Crippen molar-refractivity contribution in [2.45, 2.75) is 14.7 Å². The van der Waals surface area contributed by atoms with Crippen LogP contribution in [0.4, 0.5) is 11.4 Å². The Morgan fingerprint density at radius 1 is 0.871 bits per heavy atom. The summed E-state index contributed by atoms with van der Waals surface area (Å²) in [4.78, 5) is 11.5. The highest BCUT2D eigenvalue weighted by Crippen LogP contribution is 2.43. The number of sulfonamides is 1. The van der Waals surface area contributed by atoms with E-state index < -0.39 is 25.5 Å². The molecule has 0 fully saturated rings. The van der Waals surface area contributed by atoms with E-state index in [0.29, 0.717) is 15.7 Å². The number of nitrogens with zero attached hydrogens (tertiary/aromatic N) is 1. The molecule has 0 saturated heterocycles. The number of nitro benzene ring substituents is 1. The second kappa shape index (κ2) is 8.29. The van der Waals surface area contributed by atoms with E-state index in [1.807, 2.05) is 30.3 Å². The van der Waals surface area contributed by atoms with Gasteiger partial charge in [0.15, 0.2) is 4.90 Å². The van der Waals surface area contributed by atoms with Crippen molar-refractivity contribution < 1.29 is 18.4 Å². The lowest BCUT2D eigenvalue weighted by molar-refractivity contribution is -0.387. The quantitative estimate of drug-likeness (QED) is 0.230. The molecule has 9 heteroatoms. The lowest BCUT2D eigenvalue weighted by Crippen LogP contribution is -2.15. The monoisotopic (exact) mass is 452 g/mol. The summed E-state index contributed by atoms with van der Waals surface area (Å²) in [6.07, 6.45) is 0. The van der Waals surface area contributed by atoms with Crippen LogP contribution in [0.2, 0.25) is 0 Å². The molecule has 0 aromatic heterocycles. The van der Waals surface area contributed by atoms with Crippen LogP contribution in [-0.4, -0.2) is 18.4 Å². The molecule has 0 aliphatic carbocycles. The lowest BCUT2D eigenvalue weighted by atomic mass is 10.1. The highest BCUT2D eigenvalue weighted by atomic mass is 32.2. The van der Waals surface area contributed by atoms with Gasteiger partial charge in [0.05, 0.1) is 15.5 Å². The molecule has 31 heavy (non-hydrogen) atoms. The Bertz CT molecular complexity index is 1390. The van der Waals surface area contributed by atoms with Crippen LogP contribution in [0.5, 0.6) is 5.75 Å². The van der Waals surface area contributed by atoms with Crippen LogP contribution < -0.4 is 4.72 Å². The average molecular weight is 453 g/mol. The van der Waals surface area contributed by atoms with E-state index in [9.17, 15) is 23.6 Å². The predicted octanol–water partition coefficient (Wildman–Crippen LogP) is 5.41. The van der Waals surface area contributed by atoms with Crippen molar-refractivity contribution in [1.29, 1.82) is 0 Å². The number of fused-ring (bicyclic) bond motifs is 1. The highest BCUT2D eigenvalue weighted by Gasteiger charge is 2.26. The van der Waals surface area contributed by atoms with E-state index in [0.717, 1.165) is 11.0 Å². The first kappa shape index (κ1) is 20.7. The molecule has 0 atom stereocenters. The van der Waals surface area contributed by atoms with Gasteiger partial charge in [-0.3, -0.25) is 14.8 Å². The van der Waals surface area contributed by atoms with Crippen LogP contribution in [0.25, 0.3) is 10.8 Å². The Balaban J connectivity index is 1.84. The fraction of sp³-hybridized carbons (Fsp3) is 0. The Morgan fingerprint density at radius 3 is 2.19 bits per heavy atom. The summed E-state index contributed by atoms with van der Waals surface area (Å²) in [6, 6.07) is 22.8. The summed E-state index contributed by atoms with van der Waals surface area (Å²) in [5.74, 6) is 0.0260. The van der Waals surface area contributed by atoms with Crippen molar-refractivity contribution in [3.05, 3.63) is 95.0 Å². The number of para-hydroxylation sites is 1. The molecule has 4 rings (SSSR count). The van der Waals surface area contributed by atoms with E-state index in [4.69, 9.17) is 0 Å². The number of nitro groups is 1. The maximum absolute atomic E-state index is 13.0. The van der Waals surface area contributed by atoms with E-state index in [1.165, 1.54) is 36.0 Å². The van der Waals surface area contributed by atoms with Crippen LogP contribution in [0.1, 0.15) is 0 Å². The number of phenols is 1. The van der Waals surface area contributed by atoms with Gasteiger partial charge >= 0.3 is 0 Å². The topological polar surface area (TPSA) is 110 Å². The molecule has 0 amide bonds. The molecule has 0 aliphatic rings. The van der Waals surface area contributed by atoms with Gasteiger partial charge in [0.25, 0.3) is 15.7 Å². The van der Waals surface area contributed by atoms with Crippen LogP contribution in [-0.2, 0) is 10.0 Å². The molecule has 0 heterocycles. The summed E-state index contributed by atoms with van der Waals surface area (Å²) in [5, 5.41) is 23.0. The minimum atomic E-state index is -4.27. The van der Waals surface area contributed by atoms with Crippen molar-refractivity contribution in [3.8, 4) is 5.75 Å². The maximum atomic E-state index is 13.0. The molecule has 2 N–H and O–H groups in total. The van der Waals surface area contributed by atoms with E-state index in [1.54, 1.807) is 24.3 Å². The van der Waals surface area contributed by atoms with Crippen molar-refractivity contribution in [3.63, 3.8) is 0 Å². The van der Waals surface area contributed by atoms with Crippen LogP contribution >= 0.6 is 11.8 Å². The van der Waals surface area contributed by atoms with Crippen LogP contribution in [0, 0.1) is 10.1 Å². The minimum absolute atomic E-state index is 0.0260. The minimum Gasteiger partial charge on any atom is -0.506 e. The number of rotatable bonds is 6. The first-order chi connectivity index (χ1) is 14.9. The average Bonchev–Trinajstić information content (AvgIpc) is 2.77. The fourth-order valence-corrected chi connectivity index (χ4v) is 5.32. The molecule has 0 unspecified atom stereocenters. The second-order valence-corrected chi connectivity index (χ2v) is 9.33. The number of aromatic hydroxyl groups is 1. The SMILES string of the molecule is O=[N+]([O-])c1ccccc1S(=O)(=O)Nc1cc(Sc2ccccc2)c(O)c2ccccc12. The highest BCUT2D eigenvalue weighted by molar-refractivity contribution is 7.99. The molecule has 0 aliphatic heterocycles. The summed E-state index contributed by atoms with van der Waals surface area (Å²) in [5.41, 5.74) is -0.304. The van der Waals surface area contributed by atoms with Gasteiger partial charge in [-0.1, -0.05) is 66.4 Å². The summed E-state index contributed by atoms with van der Waals surface area (Å²) < 4.78 is 28.6. The number of anilines is 1. The molecule has 7 nitrogen and oxygen atoms in total.